The smallest absolute Gasteiger partial charge is 0.256 e. The maximum absolute atomic E-state index is 12.0. The molecular weight excluding hydrogens is 408 g/mol. The van der Waals surface area contributed by atoms with E-state index < -0.39 is 5.91 Å². The van der Waals surface area contributed by atoms with Gasteiger partial charge in [0.15, 0.2) is 5.82 Å². The van der Waals surface area contributed by atoms with Crippen LogP contribution in [0, 0.1) is 0 Å². The lowest BCUT2D eigenvalue weighted by molar-refractivity contribution is 0.100. The number of hydrogen-bond donors (Lipinski definition) is 4. The van der Waals surface area contributed by atoms with E-state index in [4.69, 9.17) is 17.3 Å². The van der Waals surface area contributed by atoms with E-state index >= 15 is 0 Å². The SMILES string of the molecule is NC(=O)c1c(Nc2cccc(Cl)c2)n[nH]c1NCc1ccc(-c2ccccn2)s1. The quantitative estimate of drug-likeness (QED) is 0.345. The second-order valence-electron chi connectivity index (χ2n) is 6.16. The van der Waals surface area contributed by atoms with Crippen molar-refractivity contribution >= 4 is 46.2 Å². The lowest BCUT2D eigenvalue weighted by Gasteiger charge is -2.07. The first-order valence-electron chi connectivity index (χ1n) is 8.75. The summed E-state index contributed by atoms with van der Waals surface area (Å²) in [5.41, 5.74) is 7.47. The zero-order valence-corrected chi connectivity index (χ0v) is 16.7. The number of hydrogen-bond acceptors (Lipinski definition) is 6. The Morgan fingerprint density at radius 1 is 1.17 bits per heavy atom. The van der Waals surface area contributed by atoms with Gasteiger partial charge >= 0.3 is 0 Å². The van der Waals surface area contributed by atoms with E-state index in [1.54, 1.807) is 35.7 Å². The number of nitrogens with one attached hydrogen (secondary N) is 3. The molecule has 0 bridgehead atoms. The van der Waals surface area contributed by atoms with Gasteiger partial charge in [-0.3, -0.25) is 14.9 Å². The van der Waals surface area contributed by atoms with Crippen LogP contribution in [0.2, 0.25) is 5.02 Å². The summed E-state index contributed by atoms with van der Waals surface area (Å²) in [6.07, 6.45) is 1.77. The molecule has 0 aliphatic carbocycles. The van der Waals surface area contributed by atoms with Crippen molar-refractivity contribution in [3.05, 3.63) is 76.3 Å². The molecule has 0 spiro atoms. The van der Waals surface area contributed by atoms with Gasteiger partial charge in [0.2, 0.25) is 0 Å². The Hall–Kier alpha value is -3.36. The second-order valence-corrected chi connectivity index (χ2v) is 7.76. The number of carbonyl (C=O) groups excluding carboxylic acids is 1. The van der Waals surface area contributed by atoms with Gasteiger partial charge in [-0.25, -0.2) is 0 Å². The molecule has 0 atom stereocenters. The molecule has 3 aromatic heterocycles. The maximum Gasteiger partial charge on any atom is 0.256 e. The van der Waals surface area contributed by atoms with Crippen LogP contribution in [-0.4, -0.2) is 21.1 Å². The van der Waals surface area contributed by atoms with Crippen molar-refractivity contribution in [3.8, 4) is 10.6 Å². The van der Waals surface area contributed by atoms with Crippen molar-refractivity contribution in [2.45, 2.75) is 6.54 Å². The highest BCUT2D eigenvalue weighted by molar-refractivity contribution is 7.15. The Balaban J connectivity index is 1.50. The van der Waals surface area contributed by atoms with E-state index in [1.807, 2.05) is 36.4 Å². The van der Waals surface area contributed by atoms with E-state index in [0.29, 0.717) is 28.9 Å². The van der Waals surface area contributed by atoms with Crippen molar-refractivity contribution < 1.29 is 4.79 Å². The summed E-state index contributed by atoms with van der Waals surface area (Å²) in [4.78, 5) is 18.5. The molecule has 0 aliphatic rings. The maximum atomic E-state index is 12.0. The molecule has 0 unspecified atom stereocenters. The minimum atomic E-state index is -0.592. The number of pyridine rings is 1. The molecule has 0 saturated heterocycles. The zero-order chi connectivity index (χ0) is 20.2. The third-order valence-electron chi connectivity index (χ3n) is 4.12. The number of benzene rings is 1. The van der Waals surface area contributed by atoms with E-state index in [1.165, 1.54) is 0 Å². The average Bonchev–Trinajstić information content (AvgIpc) is 3.34. The van der Waals surface area contributed by atoms with Gasteiger partial charge < -0.3 is 16.4 Å². The van der Waals surface area contributed by atoms with Gasteiger partial charge in [0.25, 0.3) is 5.91 Å². The number of aromatic amines is 1. The summed E-state index contributed by atoms with van der Waals surface area (Å²) in [5, 5.41) is 13.9. The Bertz CT molecular complexity index is 1140. The van der Waals surface area contributed by atoms with Crippen LogP contribution in [0.1, 0.15) is 15.2 Å². The molecule has 146 valence electrons. The molecule has 4 aromatic rings. The first-order chi connectivity index (χ1) is 14.1. The predicted octanol–water partition coefficient (Wildman–Crippen LogP) is 4.64. The summed E-state index contributed by atoms with van der Waals surface area (Å²) in [7, 11) is 0. The van der Waals surface area contributed by atoms with E-state index in [-0.39, 0.29) is 5.56 Å². The summed E-state index contributed by atoms with van der Waals surface area (Å²) in [6.45, 7) is 0.510. The van der Waals surface area contributed by atoms with E-state index in [2.05, 4.69) is 25.8 Å². The molecule has 0 fully saturated rings. The normalized spacial score (nSPS) is 10.7. The number of thiophene rings is 1. The summed E-state index contributed by atoms with van der Waals surface area (Å²) in [5.74, 6) is 0.198. The molecule has 29 heavy (non-hydrogen) atoms. The predicted molar refractivity (Wildman–Crippen MR) is 117 cm³/mol. The van der Waals surface area contributed by atoms with Crippen LogP contribution in [0.25, 0.3) is 10.6 Å². The van der Waals surface area contributed by atoms with Crippen molar-refractivity contribution in [3.63, 3.8) is 0 Å². The van der Waals surface area contributed by atoms with Crippen molar-refractivity contribution in [2.75, 3.05) is 10.6 Å². The van der Waals surface area contributed by atoms with Crippen molar-refractivity contribution in [1.82, 2.24) is 15.2 Å². The third-order valence-corrected chi connectivity index (χ3v) is 5.46. The lowest BCUT2D eigenvalue weighted by Crippen LogP contribution is -2.15. The number of nitrogens with two attached hydrogens (primary N) is 1. The van der Waals surface area contributed by atoms with E-state index in [0.717, 1.165) is 15.4 Å². The van der Waals surface area contributed by atoms with Gasteiger partial charge in [-0.1, -0.05) is 23.7 Å². The van der Waals surface area contributed by atoms with E-state index in [9.17, 15) is 4.79 Å². The van der Waals surface area contributed by atoms with Crippen LogP contribution in [0.3, 0.4) is 0 Å². The van der Waals surface area contributed by atoms with Gasteiger partial charge in [0, 0.05) is 21.8 Å². The number of halogens is 1. The number of primary amides is 1. The minimum absolute atomic E-state index is 0.256. The van der Waals surface area contributed by atoms with Gasteiger partial charge in [0.1, 0.15) is 11.4 Å². The highest BCUT2D eigenvalue weighted by Crippen LogP contribution is 2.29. The number of carbonyl (C=O) groups is 1. The molecule has 7 nitrogen and oxygen atoms in total. The van der Waals surface area contributed by atoms with Gasteiger partial charge in [0.05, 0.1) is 17.1 Å². The van der Waals surface area contributed by atoms with Gasteiger partial charge in [-0.15, -0.1) is 11.3 Å². The van der Waals surface area contributed by atoms with Crippen LogP contribution < -0.4 is 16.4 Å². The second kappa shape index (κ2) is 8.34. The molecule has 3 heterocycles. The summed E-state index contributed by atoms with van der Waals surface area (Å²) >= 11 is 7.63. The monoisotopic (exact) mass is 424 g/mol. The Morgan fingerprint density at radius 2 is 2.07 bits per heavy atom. The third kappa shape index (κ3) is 4.39. The molecule has 1 amide bonds. The van der Waals surface area contributed by atoms with Crippen LogP contribution in [0.4, 0.5) is 17.3 Å². The molecule has 0 saturated carbocycles. The number of H-pyrrole nitrogens is 1. The molecule has 9 heteroatoms. The highest BCUT2D eigenvalue weighted by atomic mass is 35.5. The minimum Gasteiger partial charge on any atom is -0.365 e. The average molecular weight is 425 g/mol. The summed E-state index contributed by atoms with van der Waals surface area (Å²) < 4.78 is 0. The summed E-state index contributed by atoms with van der Waals surface area (Å²) in [6, 6.07) is 17.0. The van der Waals surface area contributed by atoms with Crippen LogP contribution in [0.15, 0.2) is 60.8 Å². The van der Waals surface area contributed by atoms with Crippen LogP contribution in [0.5, 0.6) is 0 Å². The molecule has 0 radical (unpaired) electrons. The van der Waals surface area contributed by atoms with Crippen LogP contribution in [-0.2, 0) is 6.54 Å². The largest absolute Gasteiger partial charge is 0.365 e. The van der Waals surface area contributed by atoms with Gasteiger partial charge in [-0.2, -0.15) is 5.10 Å². The van der Waals surface area contributed by atoms with Crippen molar-refractivity contribution in [2.24, 2.45) is 5.73 Å². The fraction of sp³-hybridized carbons (Fsp3) is 0.0500. The number of anilines is 3. The number of rotatable bonds is 7. The highest BCUT2D eigenvalue weighted by Gasteiger charge is 2.19. The topological polar surface area (TPSA) is 109 Å². The molecule has 1 aromatic carbocycles. The Labute approximate surface area is 175 Å². The first kappa shape index (κ1) is 19.0. The Morgan fingerprint density at radius 3 is 2.83 bits per heavy atom. The van der Waals surface area contributed by atoms with Crippen molar-refractivity contribution in [1.29, 1.82) is 0 Å². The molecular formula is C20H17ClN6OS. The standard InChI is InChI=1S/C20H17ClN6OS/c21-12-4-3-5-13(10-12)25-20-17(18(22)28)19(26-27-20)24-11-14-7-8-16(29-14)15-6-1-2-9-23-15/h1-10H,11H2,(H2,22,28)(H3,24,25,26,27). The lowest BCUT2D eigenvalue weighted by atomic mass is 10.2. The first-order valence-corrected chi connectivity index (χ1v) is 9.94. The number of nitrogens with zero attached hydrogens (tertiary/aromatic N) is 2. The van der Waals surface area contributed by atoms with Crippen LogP contribution >= 0.6 is 22.9 Å². The molecule has 0 aliphatic heterocycles. The van der Waals surface area contributed by atoms with Gasteiger partial charge in [-0.05, 0) is 42.5 Å². The zero-order valence-electron chi connectivity index (χ0n) is 15.1. The fourth-order valence-electron chi connectivity index (χ4n) is 2.80. The molecule has 4 rings (SSSR count). The molecule has 5 N–H and O–H groups in total. The fourth-order valence-corrected chi connectivity index (χ4v) is 3.91. The number of aromatic nitrogens is 3. The number of amides is 1. The Kier molecular flexibility index (Phi) is 5.46.